The predicted octanol–water partition coefficient (Wildman–Crippen LogP) is 2.43. The van der Waals surface area contributed by atoms with Crippen molar-refractivity contribution in [1.29, 1.82) is 0 Å². The Kier molecular flexibility index (Phi) is 2.82. The van der Waals surface area contributed by atoms with Crippen molar-refractivity contribution in [3.63, 3.8) is 0 Å². The number of hydrogen-bond acceptors (Lipinski definition) is 2. The van der Waals surface area contributed by atoms with Crippen molar-refractivity contribution >= 4 is 17.2 Å². The molecule has 3 nitrogen and oxygen atoms in total. The summed E-state index contributed by atoms with van der Waals surface area (Å²) in [4.78, 5) is 3.84. The maximum absolute atomic E-state index is 13.5. The van der Waals surface area contributed by atoms with E-state index in [1.54, 1.807) is 12.1 Å². The van der Waals surface area contributed by atoms with E-state index in [1.807, 2.05) is 0 Å². The van der Waals surface area contributed by atoms with Gasteiger partial charge in [-0.25, -0.2) is 4.98 Å². The first-order valence-corrected chi connectivity index (χ1v) is 5.13. The molecule has 0 aromatic carbocycles. The van der Waals surface area contributed by atoms with E-state index in [-0.39, 0.29) is 12.2 Å². The van der Waals surface area contributed by atoms with Gasteiger partial charge in [-0.05, 0) is 18.7 Å². The number of hydrogen-bond donors (Lipinski definition) is 1. The van der Waals surface area contributed by atoms with Crippen molar-refractivity contribution in [3.05, 3.63) is 35.2 Å². The quantitative estimate of drug-likeness (QED) is 0.903. The molecule has 0 aliphatic rings. The Bertz CT molecular complexity index is 510. The number of fused-ring (bicyclic) bond motifs is 1. The highest BCUT2D eigenvalue weighted by Crippen LogP contribution is 2.30. The largest absolute Gasteiger partial charge is 0.330 e. The van der Waals surface area contributed by atoms with E-state index in [1.165, 1.54) is 16.8 Å². The van der Waals surface area contributed by atoms with Crippen molar-refractivity contribution in [3.8, 4) is 0 Å². The summed E-state index contributed by atoms with van der Waals surface area (Å²) in [5.74, 6) is -2.99. The molecule has 0 amide bonds. The molecule has 2 aromatic heterocycles. The van der Waals surface area contributed by atoms with E-state index < -0.39 is 12.3 Å². The highest BCUT2D eigenvalue weighted by atomic mass is 35.5. The number of aromatic nitrogens is 2. The van der Waals surface area contributed by atoms with Gasteiger partial charge in [-0.3, -0.25) is 0 Å². The standard InChI is InChI=1S/C10H10ClF2N3/c11-7-1-2-9-15-8(6-16(9)5-7)10(12,13)3-4-14/h1-2,5-6H,3-4,14H2. The molecular formula is C10H10ClF2N3. The minimum Gasteiger partial charge on any atom is -0.330 e. The van der Waals surface area contributed by atoms with E-state index >= 15 is 0 Å². The highest BCUT2D eigenvalue weighted by molar-refractivity contribution is 6.30. The average Bonchev–Trinajstić information content (AvgIpc) is 2.61. The molecule has 0 saturated carbocycles. The molecule has 16 heavy (non-hydrogen) atoms. The van der Waals surface area contributed by atoms with Crippen molar-refractivity contribution in [2.45, 2.75) is 12.3 Å². The maximum Gasteiger partial charge on any atom is 0.292 e. The van der Waals surface area contributed by atoms with Gasteiger partial charge in [-0.2, -0.15) is 8.78 Å². The summed E-state index contributed by atoms with van der Waals surface area (Å²) in [7, 11) is 0. The SMILES string of the molecule is NCCC(F)(F)c1cn2cc(Cl)ccc2n1. The molecule has 6 heteroatoms. The van der Waals surface area contributed by atoms with Crippen molar-refractivity contribution in [1.82, 2.24) is 9.38 Å². The van der Waals surface area contributed by atoms with Gasteiger partial charge in [0, 0.05) is 18.8 Å². The van der Waals surface area contributed by atoms with Crippen molar-refractivity contribution in [2.24, 2.45) is 5.73 Å². The Hall–Kier alpha value is -1.20. The fourth-order valence-corrected chi connectivity index (χ4v) is 1.62. The Morgan fingerprint density at radius 1 is 1.38 bits per heavy atom. The number of nitrogens with zero attached hydrogens (tertiary/aromatic N) is 2. The number of pyridine rings is 1. The van der Waals surface area contributed by atoms with Gasteiger partial charge in [0.15, 0.2) is 0 Å². The van der Waals surface area contributed by atoms with Gasteiger partial charge in [-0.1, -0.05) is 11.6 Å². The molecular weight excluding hydrogens is 236 g/mol. The maximum atomic E-state index is 13.5. The molecule has 0 radical (unpaired) electrons. The van der Waals surface area contributed by atoms with Gasteiger partial charge < -0.3 is 10.1 Å². The van der Waals surface area contributed by atoms with Crippen LogP contribution in [0.3, 0.4) is 0 Å². The Morgan fingerprint density at radius 3 is 2.81 bits per heavy atom. The summed E-state index contributed by atoms with van der Waals surface area (Å²) in [5, 5.41) is 0.471. The van der Waals surface area contributed by atoms with E-state index in [9.17, 15) is 8.78 Å². The van der Waals surface area contributed by atoms with Crippen LogP contribution < -0.4 is 5.73 Å². The lowest BCUT2D eigenvalue weighted by molar-refractivity contribution is -0.0146. The van der Waals surface area contributed by atoms with E-state index in [2.05, 4.69) is 4.98 Å². The van der Waals surface area contributed by atoms with Crippen LogP contribution in [-0.2, 0) is 5.92 Å². The van der Waals surface area contributed by atoms with Crippen molar-refractivity contribution < 1.29 is 8.78 Å². The van der Waals surface area contributed by atoms with Crippen LogP contribution in [0.5, 0.6) is 0 Å². The Morgan fingerprint density at radius 2 is 2.12 bits per heavy atom. The van der Waals surface area contributed by atoms with Crippen LogP contribution in [0.25, 0.3) is 5.65 Å². The number of imidazole rings is 1. The zero-order valence-electron chi connectivity index (χ0n) is 8.33. The number of halogens is 3. The van der Waals surface area contributed by atoms with E-state index in [4.69, 9.17) is 17.3 Å². The molecule has 0 aliphatic carbocycles. The minimum atomic E-state index is -2.99. The predicted molar refractivity (Wildman–Crippen MR) is 57.8 cm³/mol. The highest BCUT2D eigenvalue weighted by Gasteiger charge is 2.33. The lowest BCUT2D eigenvalue weighted by Crippen LogP contribution is -2.18. The van der Waals surface area contributed by atoms with Crippen LogP contribution in [-0.4, -0.2) is 15.9 Å². The summed E-state index contributed by atoms with van der Waals surface area (Å²) in [6.45, 7) is -0.0817. The van der Waals surface area contributed by atoms with Crippen molar-refractivity contribution in [2.75, 3.05) is 6.54 Å². The molecule has 0 atom stereocenters. The van der Waals surface area contributed by atoms with Gasteiger partial charge in [0.05, 0.1) is 5.02 Å². The van der Waals surface area contributed by atoms with Crippen LogP contribution in [0.2, 0.25) is 5.02 Å². The van der Waals surface area contributed by atoms with Crippen LogP contribution >= 0.6 is 11.6 Å². The molecule has 0 aliphatic heterocycles. The first kappa shape index (κ1) is 11.3. The molecule has 2 aromatic rings. The van der Waals surface area contributed by atoms with Crippen LogP contribution in [0.15, 0.2) is 24.5 Å². The second-order valence-corrected chi connectivity index (χ2v) is 3.92. The van der Waals surface area contributed by atoms with Gasteiger partial charge in [0.1, 0.15) is 11.3 Å². The van der Waals surface area contributed by atoms with Gasteiger partial charge in [0.25, 0.3) is 5.92 Å². The third-order valence-electron chi connectivity index (χ3n) is 2.25. The van der Waals surface area contributed by atoms with E-state index in [0.29, 0.717) is 10.7 Å². The van der Waals surface area contributed by atoms with E-state index in [0.717, 1.165) is 0 Å². The average molecular weight is 246 g/mol. The molecule has 0 fully saturated rings. The van der Waals surface area contributed by atoms with Gasteiger partial charge in [0.2, 0.25) is 0 Å². The number of nitrogens with two attached hydrogens (primary N) is 1. The fraction of sp³-hybridized carbons (Fsp3) is 0.300. The lowest BCUT2D eigenvalue weighted by atomic mass is 10.2. The molecule has 2 N–H and O–H groups in total. The first-order chi connectivity index (χ1) is 7.53. The third-order valence-corrected chi connectivity index (χ3v) is 2.47. The van der Waals surface area contributed by atoms with Crippen LogP contribution in [0, 0.1) is 0 Å². The summed E-state index contributed by atoms with van der Waals surface area (Å²) in [5.41, 5.74) is 5.30. The van der Waals surface area contributed by atoms with Crippen LogP contribution in [0.1, 0.15) is 12.1 Å². The zero-order valence-corrected chi connectivity index (χ0v) is 9.09. The summed E-state index contributed by atoms with van der Waals surface area (Å²) >= 11 is 5.75. The summed E-state index contributed by atoms with van der Waals surface area (Å²) in [6, 6.07) is 3.19. The fourth-order valence-electron chi connectivity index (χ4n) is 1.45. The molecule has 0 bridgehead atoms. The second kappa shape index (κ2) is 3.99. The molecule has 2 rings (SSSR count). The lowest BCUT2D eigenvalue weighted by Gasteiger charge is -2.11. The third kappa shape index (κ3) is 2.01. The number of rotatable bonds is 3. The first-order valence-electron chi connectivity index (χ1n) is 4.75. The zero-order chi connectivity index (χ0) is 11.8. The summed E-state index contributed by atoms with van der Waals surface area (Å²) < 4.78 is 28.5. The molecule has 0 saturated heterocycles. The van der Waals surface area contributed by atoms with Gasteiger partial charge >= 0.3 is 0 Å². The topological polar surface area (TPSA) is 43.3 Å². The van der Waals surface area contributed by atoms with Crippen LogP contribution in [0.4, 0.5) is 8.78 Å². The molecule has 2 heterocycles. The van der Waals surface area contributed by atoms with Gasteiger partial charge in [-0.15, -0.1) is 0 Å². The molecule has 0 unspecified atom stereocenters. The number of alkyl halides is 2. The molecule has 86 valence electrons. The second-order valence-electron chi connectivity index (χ2n) is 3.48. The summed E-state index contributed by atoms with van der Waals surface area (Å²) in [6.07, 6.45) is 2.40. The monoisotopic (exact) mass is 245 g/mol. The normalized spacial score (nSPS) is 12.2. The smallest absolute Gasteiger partial charge is 0.292 e. The Balaban J connectivity index is 2.46. The molecule has 0 spiro atoms. The minimum absolute atomic E-state index is 0.0817. The Labute approximate surface area is 95.8 Å².